The second-order valence-corrected chi connectivity index (χ2v) is 2.93. The molecule has 0 unspecified atom stereocenters. The Morgan fingerprint density at radius 3 is 2.54 bits per heavy atom. The minimum Gasteiger partial charge on any atom is -0.394 e. The van der Waals surface area contributed by atoms with Crippen LogP contribution in [-0.2, 0) is 9.47 Å². The molecule has 4 N–H and O–H groups in total. The highest BCUT2D eigenvalue weighted by Gasteiger charge is 2.46. The Balaban J connectivity index is 2.64. The molecule has 1 heterocycles. The minimum atomic E-state index is -1.38. The third kappa shape index (κ3) is 1.98. The van der Waals surface area contributed by atoms with Gasteiger partial charge in [-0.1, -0.05) is 0 Å². The molecule has 1 fully saturated rings. The number of aliphatic hydroxyl groups is 4. The molecule has 0 saturated carbocycles. The van der Waals surface area contributed by atoms with Gasteiger partial charge in [0.2, 0.25) is 0 Å². The lowest BCUT2D eigenvalue weighted by molar-refractivity contribution is -0.150. The molecular weight excluding hydrogens is 180 g/mol. The molecule has 1 aliphatic heterocycles. The molecular formula is C7H14O6. The van der Waals surface area contributed by atoms with Gasteiger partial charge in [0, 0.05) is 7.11 Å². The van der Waals surface area contributed by atoms with Gasteiger partial charge in [0.15, 0.2) is 6.29 Å². The molecule has 5 atom stereocenters. The SMILES string of the molecule is CO[C@@H]1[C@@H](O)[C@@H](O)O[C@H]1[C@@H](O)CO. The van der Waals surface area contributed by atoms with E-state index in [9.17, 15) is 10.2 Å². The molecule has 1 rings (SSSR count). The third-order valence-electron chi connectivity index (χ3n) is 2.09. The van der Waals surface area contributed by atoms with Gasteiger partial charge in [-0.3, -0.25) is 0 Å². The van der Waals surface area contributed by atoms with E-state index in [2.05, 4.69) is 0 Å². The molecule has 0 aromatic heterocycles. The number of rotatable bonds is 3. The molecule has 0 bridgehead atoms. The Morgan fingerprint density at radius 2 is 2.08 bits per heavy atom. The molecule has 0 aliphatic carbocycles. The molecule has 1 saturated heterocycles. The summed E-state index contributed by atoms with van der Waals surface area (Å²) in [6.07, 6.45) is -5.47. The maximum Gasteiger partial charge on any atom is 0.184 e. The second-order valence-electron chi connectivity index (χ2n) is 2.93. The molecule has 0 spiro atoms. The molecule has 78 valence electrons. The Morgan fingerprint density at radius 1 is 1.46 bits per heavy atom. The lowest BCUT2D eigenvalue weighted by Gasteiger charge is -2.21. The van der Waals surface area contributed by atoms with Gasteiger partial charge in [-0.05, 0) is 0 Å². The number of hydrogen-bond donors (Lipinski definition) is 4. The number of hydrogen-bond acceptors (Lipinski definition) is 6. The van der Waals surface area contributed by atoms with Crippen molar-refractivity contribution in [2.75, 3.05) is 13.7 Å². The van der Waals surface area contributed by atoms with E-state index in [1.165, 1.54) is 7.11 Å². The zero-order valence-electron chi connectivity index (χ0n) is 7.20. The maximum atomic E-state index is 9.28. The summed E-state index contributed by atoms with van der Waals surface area (Å²) < 4.78 is 9.62. The van der Waals surface area contributed by atoms with Gasteiger partial charge in [0.25, 0.3) is 0 Å². The Labute approximate surface area is 75.3 Å². The molecule has 1 aliphatic rings. The van der Waals surface area contributed by atoms with Gasteiger partial charge in [0.1, 0.15) is 24.4 Å². The average molecular weight is 194 g/mol. The highest BCUT2D eigenvalue weighted by molar-refractivity contribution is 4.90. The highest BCUT2D eigenvalue weighted by Crippen LogP contribution is 2.24. The topological polar surface area (TPSA) is 99.4 Å². The van der Waals surface area contributed by atoms with Crippen LogP contribution >= 0.6 is 0 Å². The van der Waals surface area contributed by atoms with E-state index < -0.39 is 37.3 Å². The van der Waals surface area contributed by atoms with Crippen molar-refractivity contribution in [3.05, 3.63) is 0 Å². The van der Waals surface area contributed by atoms with Gasteiger partial charge in [-0.15, -0.1) is 0 Å². The van der Waals surface area contributed by atoms with E-state index in [-0.39, 0.29) is 0 Å². The molecule has 13 heavy (non-hydrogen) atoms. The lowest BCUT2D eigenvalue weighted by Crippen LogP contribution is -2.41. The van der Waals surface area contributed by atoms with Crippen molar-refractivity contribution in [3.8, 4) is 0 Å². The maximum absolute atomic E-state index is 9.28. The Bertz CT molecular complexity index is 163. The predicted octanol–water partition coefficient (Wildman–Crippen LogP) is -2.57. The first kappa shape index (κ1) is 10.8. The monoisotopic (exact) mass is 194 g/mol. The van der Waals surface area contributed by atoms with Crippen LogP contribution in [0.5, 0.6) is 0 Å². The zero-order chi connectivity index (χ0) is 10.0. The van der Waals surface area contributed by atoms with E-state index in [0.717, 1.165) is 0 Å². The molecule has 0 amide bonds. The minimum absolute atomic E-state index is 0.510. The normalized spacial score (nSPS) is 42.2. The first-order valence-corrected chi connectivity index (χ1v) is 3.95. The van der Waals surface area contributed by atoms with Crippen LogP contribution in [0.25, 0.3) is 0 Å². The van der Waals surface area contributed by atoms with E-state index in [1.807, 2.05) is 0 Å². The van der Waals surface area contributed by atoms with Crippen molar-refractivity contribution in [1.82, 2.24) is 0 Å². The van der Waals surface area contributed by atoms with Crippen molar-refractivity contribution < 1.29 is 29.9 Å². The van der Waals surface area contributed by atoms with Gasteiger partial charge < -0.3 is 29.9 Å². The standard InChI is InChI=1S/C7H14O6/c1-12-6-4(10)7(11)13-5(6)3(9)2-8/h3-11H,2H2,1H3/t3-,4+,5-,6+,7-/m0/s1. The fraction of sp³-hybridized carbons (Fsp3) is 1.00. The summed E-state index contributed by atoms with van der Waals surface area (Å²) >= 11 is 0. The Kier molecular flexibility index (Phi) is 3.60. The molecule has 6 heteroatoms. The van der Waals surface area contributed by atoms with E-state index in [0.29, 0.717) is 0 Å². The summed E-state index contributed by atoms with van der Waals surface area (Å²) in [5, 5.41) is 36.2. The van der Waals surface area contributed by atoms with E-state index in [1.54, 1.807) is 0 Å². The van der Waals surface area contributed by atoms with Crippen LogP contribution in [0, 0.1) is 0 Å². The quantitative estimate of drug-likeness (QED) is 0.394. The van der Waals surface area contributed by atoms with Gasteiger partial charge >= 0.3 is 0 Å². The van der Waals surface area contributed by atoms with Crippen LogP contribution in [-0.4, -0.2) is 64.8 Å². The van der Waals surface area contributed by atoms with Gasteiger partial charge in [-0.25, -0.2) is 0 Å². The van der Waals surface area contributed by atoms with Crippen molar-refractivity contribution in [3.63, 3.8) is 0 Å². The summed E-state index contributed by atoms with van der Waals surface area (Å²) in [6, 6.07) is 0. The summed E-state index contributed by atoms with van der Waals surface area (Å²) in [6.45, 7) is -0.510. The fourth-order valence-electron chi connectivity index (χ4n) is 1.36. The van der Waals surface area contributed by atoms with Crippen LogP contribution in [0.4, 0.5) is 0 Å². The summed E-state index contributed by atoms with van der Waals surface area (Å²) in [5.74, 6) is 0. The largest absolute Gasteiger partial charge is 0.394 e. The zero-order valence-corrected chi connectivity index (χ0v) is 7.20. The van der Waals surface area contributed by atoms with Crippen molar-refractivity contribution in [1.29, 1.82) is 0 Å². The first-order valence-electron chi connectivity index (χ1n) is 3.95. The Hall–Kier alpha value is -0.240. The molecule has 6 nitrogen and oxygen atoms in total. The second kappa shape index (κ2) is 4.32. The summed E-state index contributed by atoms with van der Waals surface area (Å²) in [4.78, 5) is 0. The van der Waals surface area contributed by atoms with Crippen molar-refractivity contribution in [2.24, 2.45) is 0 Å². The molecule has 0 aromatic rings. The van der Waals surface area contributed by atoms with Crippen LogP contribution in [0.1, 0.15) is 0 Å². The first-order chi connectivity index (χ1) is 6.11. The average Bonchev–Trinajstić information content (AvgIpc) is 2.42. The smallest absolute Gasteiger partial charge is 0.184 e. The van der Waals surface area contributed by atoms with Gasteiger partial charge in [-0.2, -0.15) is 0 Å². The van der Waals surface area contributed by atoms with Crippen LogP contribution in [0.2, 0.25) is 0 Å². The number of ether oxygens (including phenoxy) is 2. The van der Waals surface area contributed by atoms with Crippen molar-refractivity contribution in [2.45, 2.75) is 30.7 Å². The number of methoxy groups -OCH3 is 1. The number of aliphatic hydroxyl groups excluding tert-OH is 4. The van der Waals surface area contributed by atoms with E-state index in [4.69, 9.17) is 19.7 Å². The van der Waals surface area contributed by atoms with Crippen LogP contribution in [0.15, 0.2) is 0 Å². The highest BCUT2D eigenvalue weighted by atomic mass is 16.7. The van der Waals surface area contributed by atoms with Gasteiger partial charge in [0.05, 0.1) is 6.61 Å². The predicted molar refractivity (Wildman–Crippen MR) is 40.8 cm³/mol. The fourth-order valence-corrected chi connectivity index (χ4v) is 1.36. The molecule has 0 aromatic carbocycles. The summed E-state index contributed by atoms with van der Waals surface area (Å²) in [5.41, 5.74) is 0. The van der Waals surface area contributed by atoms with E-state index >= 15 is 0 Å². The molecule has 0 radical (unpaired) electrons. The van der Waals surface area contributed by atoms with Crippen LogP contribution in [0.3, 0.4) is 0 Å². The summed E-state index contributed by atoms with van der Waals surface area (Å²) in [7, 11) is 1.33. The lowest BCUT2D eigenvalue weighted by atomic mass is 10.1. The van der Waals surface area contributed by atoms with Crippen LogP contribution < -0.4 is 0 Å². The third-order valence-corrected chi connectivity index (χ3v) is 2.09. The van der Waals surface area contributed by atoms with Crippen molar-refractivity contribution >= 4 is 0 Å².